The number of carbonyl (C=O) groups is 1. The van der Waals surface area contributed by atoms with E-state index in [4.69, 9.17) is 4.99 Å². The summed E-state index contributed by atoms with van der Waals surface area (Å²) in [5, 5.41) is 2.04. The van der Waals surface area contributed by atoms with Gasteiger partial charge in [-0.3, -0.25) is 15.2 Å². The van der Waals surface area contributed by atoms with E-state index in [0.29, 0.717) is 11.5 Å². The predicted octanol–water partition coefficient (Wildman–Crippen LogP) is 5.45. The monoisotopic (exact) mass is 393 g/mol. The molecule has 1 amide bonds. The average Bonchev–Trinajstić information content (AvgIpc) is 2.84. The van der Waals surface area contributed by atoms with Crippen molar-refractivity contribution in [3.63, 3.8) is 0 Å². The van der Waals surface area contributed by atoms with Gasteiger partial charge in [-0.15, -0.1) is 0 Å². The molecule has 2 aromatic carbocycles. The average molecular weight is 394 g/mol. The molecule has 0 atom stereocenters. The second-order valence-electron chi connectivity index (χ2n) is 7.93. The van der Waals surface area contributed by atoms with Gasteiger partial charge in [0, 0.05) is 39.7 Å². The van der Waals surface area contributed by atoms with Gasteiger partial charge in [0.1, 0.15) is 0 Å². The molecule has 2 heterocycles. The van der Waals surface area contributed by atoms with Crippen LogP contribution < -0.4 is 5.43 Å². The molecule has 1 saturated heterocycles. The first-order valence-electron chi connectivity index (χ1n) is 10.1. The molecule has 5 heteroatoms. The topological polar surface area (TPSA) is 44.7 Å². The molecule has 2 aromatic rings. The minimum atomic E-state index is -0.0444. The second-order valence-corrected chi connectivity index (χ2v) is 9.01. The van der Waals surface area contributed by atoms with E-state index in [0.717, 1.165) is 48.6 Å². The zero-order valence-electron chi connectivity index (χ0n) is 16.6. The van der Waals surface area contributed by atoms with Crippen LogP contribution in [0, 0.1) is 5.92 Å². The van der Waals surface area contributed by atoms with Gasteiger partial charge >= 0.3 is 0 Å². The first-order valence-corrected chi connectivity index (χ1v) is 11.0. The van der Waals surface area contributed by atoms with Gasteiger partial charge in [-0.1, -0.05) is 50.2 Å². The Morgan fingerprint density at radius 2 is 1.89 bits per heavy atom. The SMILES string of the molecule is CC(C)CC1=Nc2cc(C(=O)NN3CCCCC3)ccc2Sc2ccccc21. The molecule has 0 aliphatic carbocycles. The maximum atomic E-state index is 12.8. The van der Waals surface area contributed by atoms with Crippen LogP contribution in [0.3, 0.4) is 0 Å². The lowest BCUT2D eigenvalue weighted by molar-refractivity contribution is 0.0750. The molecule has 4 nitrogen and oxygen atoms in total. The Labute approximate surface area is 171 Å². The van der Waals surface area contributed by atoms with Crippen molar-refractivity contribution in [2.24, 2.45) is 10.9 Å². The number of nitrogens with zero attached hydrogens (tertiary/aromatic N) is 2. The van der Waals surface area contributed by atoms with Crippen molar-refractivity contribution < 1.29 is 4.79 Å². The number of carbonyl (C=O) groups excluding carboxylic acids is 1. The van der Waals surface area contributed by atoms with Crippen LogP contribution in [0.25, 0.3) is 0 Å². The Bertz CT molecular complexity index is 900. The lowest BCUT2D eigenvalue weighted by Crippen LogP contribution is -2.45. The van der Waals surface area contributed by atoms with Crippen molar-refractivity contribution in [1.29, 1.82) is 0 Å². The van der Waals surface area contributed by atoms with Crippen molar-refractivity contribution in [3.05, 3.63) is 53.6 Å². The second kappa shape index (κ2) is 8.50. The number of fused-ring (bicyclic) bond motifs is 2. The Kier molecular flexibility index (Phi) is 5.83. The first kappa shape index (κ1) is 19.2. The fourth-order valence-electron chi connectivity index (χ4n) is 3.71. The van der Waals surface area contributed by atoms with E-state index in [2.05, 4.69) is 43.5 Å². The van der Waals surface area contributed by atoms with E-state index in [9.17, 15) is 4.79 Å². The third kappa shape index (κ3) is 4.31. The Hall–Kier alpha value is -2.11. The molecule has 146 valence electrons. The summed E-state index contributed by atoms with van der Waals surface area (Å²) in [5.41, 5.74) is 6.93. The number of hydrazine groups is 1. The molecule has 28 heavy (non-hydrogen) atoms. The van der Waals surface area contributed by atoms with Crippen LogP contribution in [0.2, 0.25) is 0 Å². The Morgan fingerprint density at radius 3 is 2.68 bits per heavy atom. The Morgan fingerprint density at radius 1 is 1.11 bits per heavy atom. The van der Waals surface area contributed by atoms with Crippen LogP contribution in [-0.2, 0) is 0 Å². The van der Waals surface area contributed by atoms with E-state index >= 15 is 0 Å². The molecular weight excluding hydrogens is 366 g/mol. The van der Waals surface area contributed by atoms with Crippen LogP contribution in [0.4, 0.5) is 5.69 Å². The van der Waals surface area contributed by atoms with Gasteiger partial charge in [-0.05, 0) is 49.4 Å². The number of nitrogens with one attached hydrogen (secondary N) is 1. The summed E-state index contributed by atoms with van der Waals surface area (Å²) in [4.78, 5) is 20.1. The van der Waals surface area contributed by atoms with Crippen LogP contribution in [-0.4, -0.2) is 29.7 Å². The lowest BCUT2D eigenvalue weighted by atomic mass is 10.00. The zero-order valence-corrected chi connectivity index (χ0v) is 17.4. The van der Waals surface area contributed by atoms with Gasteiger partial charge in [0.2, 0.25) is 0 Å². The van der Waals surface area contributed by atoms with Crippen LogP contribution in [0.5, 0.6) is 0 Å². The molecule has 0 aromatic heterocycles. The molecule has 0 bridgehead atoms. The van der Waals surface area contributed by atoms with Crippen LogP contribution >= 0.6 is 11.8 Å². The van der Waals surface area contributed by atoms with E-state index in [1.165, 1.54) is 16.9 Å². The minimum Gasteiger partial charge on any atom is -0.285 e. The number of hydrogen-bond donors (Lipinski definition) is 1. The van der Waals surface area contributed by atoms with Gasteiger partial charge in [-0.2, -0.15) is 0 Å². The van der Waals surface area contributed by atoms with Crippen molar-refractivity contribution in [2.45, 2.75) is 49.3 Å². The maximum Gasteiger partial charge on any atom is 0.265 e. The summed E-state index contributed by atoms with van der Waals surface area (Å²) in [6.07, 6.45) is 4.45. The van der Waals surface area contributed by atoms with E-state index in [-0.39, 0.29) is 5.91 Å². The summed E-state index contributed by atoms with van der Waals surface area (Å²) in [6.45, 7) is 6.29. The number of amides is 1. The lowest BCUT2D eigenvalue weighted by Gasteiger charge is -2.26. The highest BCUT2D eigenvalue weighted by atomic mass is 32.2. The highest BCUT2D eigenvalue weighted by Gasteiger charge is 2.20. The van der Waals surface area contributed by atoms with Gasteiger partial charge in [0.15, 0.2) is 0 Å². The third-order valence-corrected chi connectivity index (χ3v) is 6.25. The molecule has 1 N–H and O–H groups in total. The highest BCUT2D eigenvalue weighted by Crippen LogP contribution is 2.41. The fraction of sp³-hybridized carbons (Fsp3) is 0.391. The predicted molar refractivity (Wildman–Crippen MR) is 116 cm³/mol. The van der Waals surface area contributed by atoms with Crippen molar-refractivity contribution >= 4 is 29.1 Å². The first-order chi connectivity index (χ1) is 13.6. The number of aliphatic imine (C=N–C) groups is 1. The van der Waals surface area contributed by atoms with Crippen LogP contribution in [0.15, 0.2) is 57.2 Å². The number of benzene rings is 2. The molecule has 0 unspecified atom stereocenters. The highest BCUT2D eigenvalue weighted by molar-refractivity contribution is 7.99. The van der Waals surface area contributed by atoms with Crippen LogP contribution in [0.1, 0.15) is 55.5 Å². The largest absolute Gasteiger partial charge is 0.285 e. The van der Waals surface area contributed by atoms with E-state index < -0.39 is 0 Å². The Balaban J connectivity index is 1.65. The number of rotatable bonds is 4. The molecule has 0 radical (unpaired) electrons. The molecule has 4 rings (SSSR count). The fourth-order valence-corrected chi connectivity index (χ4v) is 4.73. The molecule has 2 aliphatic heterocycles. The molecular formula is C23H27N3OS. The van der Waals surface area contributed by atoms with Crippen molar-refractivity contribution in [2.75, 3.05) is 13.1 Å². The smallest absolute Gasteiger partial charge is 0.265 e. The summed E-state index contributed by atoms with van der Waals surface area (Å²) in [6, 6.07) is 14.3. The molecule has 0 saturated carbocycles. The maximum absolute atomic E-state index is 12.8. The number of piperidine rings is 1. The summed E-state index contributed by atoms with van der Waals surface area (Å²) < 4.78 is 0. The van der Waals surface area contributed by atoms with Gasteiger partial charge in [-0.25, -0.2) is 5.01 Å². The summed E-state index contributed by atoms with van der Waals surface area (Å²) in [5.74, 6) is 0.473. The summed E-state index contributed by atoms with van der Waals surface area (Å²) in [7, 11) is 0. The van der Waals surface area contributed by atoms with E-state index in [1.54, 1.807) is 11.8 Å². The quantitative estimate of drug-likeness (QED) is 0.751. The van der Waals surface area contributed by atoms with Crippen molar-refractivity contribution in [1.82, 2.24) is 10.4 Å². The molecule has 2 aliphatic rings. The third-order valence-electron chi connectivity index (χ3n) is 5.11. The standard InChI is InChI=1S/C23H27N3OS/c1-16(2)14-19-18-8-4-5-9-21(18)28-22-11-10-17(15-20(22)24-19)23(27)25-26-12-6-3-7-13-26/h4-5,8-11,15-16H,3,6-7,12-14H2,1-2H3,(H,25,27). The normalized spacial score (nSPS) is 16.8. The molecule has 1 fully saturated rings. The minimum absolute atomic E-state index is 0.0444. The van der Waals surface area contributed by atoms with Crippen molar-refractivity contribution in [3.8, 4) is 0 Å². The summed E-state index contributed by atoms with van der Waals surface area (Å²) >= 11 is 1.73. The van der Waals surface area contributed by atoms with Gasteiger partial charge in [0.05, 0.1) is 5.69 Å². The molecule has 0 spiro atoms. The van der Waals surface area contributed by atoms with Gasteiger partial charge < -0.3 is 0 Å². The van der Waals surface area contributed by atoms with Gasteiger partial charge in [0.25, 0.3) is 5.91 Å². The van der Waals surface area contributed by atoms with E-state index in [1.807, 2.05) is 23.2 Å². The zero-order chi connectivity index (χ0) is 19.5. The number of hydrogen-bond acceptors (Lipinski definition) is 4.